The Balaban J connectivity index is -0.000000125. The summed E-state index contributed by atoms with van der Waals surface area (Å²) in [5, 5.41) is 1.91. The van der Waals surface area contributed by atoms with Crippen LogP contribution < -0.4 is 18.0 Å². The molecule has 0 fully saturated rings. The van der Waals surface area contributed by atoms with Crippen LogP contribution >= 0.6 is 23.6 Å². The molecule has 5 heteroatoms. The average Bonchev–Trinajstić information content (AvgIpc) is 1.35. The summed E-state index contributed by atoms with van der Waals surface area (Å²) in [6.45, 7) is 1.92. The highest BCUT2D eigenvalue weighted by molar-refractivity contribution is 8.21. The summed E-state index contributed by atoms with van der Waals surface area (Å²) in [4.78, 5) is 0. The molecule has 0 aliphatic heterocycles. The zero-order chi connectivity index (χ0) is 4.99. The number of thiocarbonyl (C=S) groups is 1. The summed E-state index contributed by atoms with van der Waals surface area (Å²) in [6.07, 6.45) is 0. The lowest BCUT2D eigenvalue weighted by Crippen LogP contribution is -1.97. The summed E-state index contributed by atoms with van der Waals surface area (Å²) >= 11 is 5.49. The second kappa shape index (κ2) is 10.1. The first-order valence-electron chi connectivity index (χ1n) is 1.55. The maximum Gasteiger partial charge on any atom is 0.122 e. The maximum absolute atomic E-state index is 5.09. The quantitative estimate of drug-likeness (QED) is 0.308. The molecular formula is C3H13N3S2. The van der Waals surface area contributed by atoms with Crippen molar-refractivity contribution >= 4 is 33.3 Å². The van der Waals surface area contributed by atoms with Crippen LogP contribution in [-0.4, -0.2) is 9.69 Å². The van der Waals surface area contributed by atoms with E-state index in [2.05, 4.69) is 12.2 Å². The van der Waals surface area contributed by atoms with Crippen molar-refractivity contribution in [3.8, 4) is 0 Å². The molecule has 52 valence electrons. The van der Waals surface area contributed by atoms with Crippen LogP contribution in [0.4, 0.5) is 0 Å². The third-order valence-corrected chi connectivity index (χ3v) is 1.09. The molecule has 8 N–H and O–H groups in total. The normalized spacial score (nSPS) is 8.12. The minimum atomic E-state index is 0. The van der Waals surface area contributed by atoms with Crippen LogP contribution in [0.3, 0.4) is 0 Å². The summed E-state index contributed by atoms with van der Waals surface area (Å²) in [6, 6.07) is 0. The third-order valence-electron chi connectivity index (χ3n) is 0.256. The Morgan fingerprint density at radius 3 is 2.00 bits per heavy atom. The van der Waals surface area contributed by atoms with Crippen molar-refractivity contribution in [3.05, 3.63) is 0 Å². The van der Waals surface area contributed by atoms with Crippen LogP contribution in [-0.2, 0) is 0 Å². The predicted molar refractivity (Wildman–Crippen MR) is 47.6 cm³/mol. The number of thiol groups is 1. The highest BCUT2D eigenvalue weighted by Gasteiger charge is 1.65. The third kappa shape index (κ3) is 16.6. The van der Waals surface area contributed by atoms with Crippen molar-refractivity contribution < 1.29 is 0 Å². The summed E-state index contributed by atoms with van der Waals surface area (Å²) < 4.78 is 0.539. The minimum Gasteiger partial charge on any atom is -0.385 e. The van der Waals surface area contributed by atoms with Gasteiger partial charge in [0.25, 0.3) is 0 Å². The summed E-state index contributed by atoms with van der Waals surface area (Å²) in [5.41, 5.74) is 5.09. The van der Waals surface area contributed by atoms with Gasteiger partial charge in [0.2, 0.25) is 0 Å². The Bertz CT molecular complexity index is 80.6. The fourth-order valence-electron chi connectivity index (χ4n) is 0.127. The molecule has 3 nitrogen and oxygen atoms in total. The van der Waals surface area contributed by atoms with Gasteiger partial charge in [-0.2, -0.15) is 0 Å². The number of hydrogen-bond acceptors (Lipinski definition) is 3. The van der Waals surface area contributed by atoms with Crippen LogP contribution in [0.2, 0.25) is 0 Å². The van der Waals surface area contributed by atoms with Gasteiger partial charge in [-0.1, -0.05) is 17.6 Å². The van der Waals surface area contributed by atoms with E-state index in [0.29, 0.717) is 4.32 Å². The fraction of sp³-hybridized carbons (Fsp3) is 0.333. The first kappa shape index (κ1) is 15.7. The van der Waals surface area contributed by atoms with Crippen molar-refractivity contribution in [1.29, 1.82) is 0 Å². The van der Waals surface area contributed by atoms with E-state index < -0.39 is 0 Å². The molecule has 0 radical (unpaired) electrons. The van der Waals surface area contributed by atoms with Gasteiger partial charge in [-0.15, -0.1) is 11.4 Å². The molecule has 0 saturated heterocycles. The van der Waals surface area contributed by atoms with Crippen molar-refractivity contribution in [2.45, 2.75) is 6.92 Å². The van der Waals surface area contributed by atoms with E-state index in [1.54, 1.807) is 0 Å². The van der Waals surface area contributed by atoms with Gasteiger partial charge in [0.15, 0.2) is 0 Å². The highest BCUT2D eigenvalue weighted by atomic mass is 32.2. The Morgan fingerprint density at radius 1 is 1.62 bits per heavy atom. The zero-order valence-corrected chi connectivity index (χ0v) is 6.64. The van der Waals surface area contributed by atoms with Crippen molar-refractivity contribution in [3.63, 3.8) is 0 Å². The van der Waals surface area contributed by atoms with E-state index in [1.807, 2.05) is 12.3 Å². The first-order valence-corrected chi connectivity index (χ1v) is 2.92. The van der Waals surface area contributed by atoms with E-state index in [4.69, 9.17) is 5.73 Å². The molecule has 0 aromatic carbocycles. The van der Waals surface area contributed by atoms with Gasteiger partial charge in [0, 0.05) is 0 Å². The Hall–Kier alpha value is 0.0300. The second-order valence-corrected chi connectivity index (χ2v) is 2.72. The number of rotatable bonds is 0. The zero-order valence-electron chi connectivity index (χ0n) is 4.92. The van der Waals surface area contributed by atoms with Crippen LogP contribution in [0.15, 0.2) is 0 Å². The molecule has 0 aliphatic carbocycles. The van der Waals surface area contributed by atoms with Crippen LogP contribution in [0.1, 0.15) is 6.92 Å². The van der Waals surface area contributed by atoms with Gasteiger partial charge in [0.05, 0.1) is 0 Å². The molecule has 0 spiro atoms. The van der Waals surface area contributed by atoms with Gasteiger partial charge in [-0.3, -0.25) is 0 Å². The lowest BCUT2D eigenvalue weighted by molar-refractivity contribution is 1.91. The molecule has 0 aromatic heterocycles. The Morgan fingerprint density at radius 2 is 2.00 bits per heavy atom. The molecule has 0 aromatic rings. The largest absolute Gasteiger partial charge is 0.385 e. The standard InChI is InChI=1S/C3H7NS2.2H3N/c1-2-6-3(4)5;;/h2,6H,1H3,(H2,4,5);2*1H3. The predicted octanol–water partition coefficient (Wildman–Crippen LogP) is 0.842. The number of nitrogens with two attached hydrogens (primary N) is 1. The van der Waals surface area contributed by atoms with Crippen LogP contribution in [0, 0.1) is 0 Å². The molecule has 0 rings (SSSR count). The van der Waals surface area contributed by atoms with Crippen molar-refractivity contribution in [2.75, 3.05) is 0 Å². The van der Waals surface area contributed by atoms with E-state index >= 15 is 0 Å². The second-order valence-electron chi connectivity index (χ2n) is 0.726. The SMILES string of the molecule is CC=[SH]C(N)=S.N.N. The molecule has 8 heavy (non-hydrogen) atoms. The maximum atomic E-state index is 5.09. The molecule has 0 bridgehead atoms. The molecule has 0 saturated carbocycles. The van der Waals surface area contributed by atoms with Gasteiger partial charge in [-0.05, 0) is 6.92 Å². The van der Waals surface area contributed by atoms with Crippen LogP contribution in [0.25, 0.3) is 0 Å². The van der Waals surface area contributed by atoms with Crippen molar-refractivity contribution in [1.82, 2.24) is 12.3 Å². The number of hydrogen-bond donors (Lipinski definition) is 4. The van der Waals surface area contributed by atoms with Gasteiger partial charge in [0.1, 0.15) is 4.32 Å². The van der Waals surface area contributed by atoms with Gasteiger partial charge in [-0.25, -0.2) is 0 Å². The van der Waals surface area contributed by atoms with Crippen molar-refractivity contribution in [2.24, 2.45) is 5.73 Å². The van der Waals surface area contributed by atoms with E-state index in [1.165, 1.54) is 0 Å². The molecule has 0 unspecified atom stereocenters. The van der Waals surface area contributed by atoms with E-state index in [0.717, 1.165) is 11.4 Å². The fourth-order valence-corrected chi connectivity index (χ4v) is 0.698. The monoisotopic (exact) mass is 155 g/mol. The topological polar surface area (TPSA) is 96.0 Å². The molecular weight excluding hydrogens is 142 g/mol. The summed E-state index contributed by atoms with van der Waals surface area (Å²) in [5.74, 6) is 0. The Kier molecular flexibility index (Phi) is 19.8. The highest BCUT2D eigenvalue weighted by Crippen LogP contribution is 1.79. The van der Waals surface area contributed by atoms with Gasteiger partial charge < -0.3 is 18.0 Å². The molecule has 0 atom stereocenters. The smallest absolute Gasteiger partial charge is 0.122 e. The average molecular weight is 155 g/mol. The molecule has 0 amide bonds. The Labute approximate surface area is 58.8 Å². The molecule has 0 heterocycles. The van der Waals surface area contributed by atoms with E-state index in [-0.39, 0.29) is 12.3 Å². The lowest BCUT2D eigenvalue weighted by atomic mass is 11.0. The molecule has 0 aliphatic rings. The summed E-state index contributed by atoms with van der Waals surface area (Å²) in [7, 11) is 0. The lowest BCUT2D eigenvalue weighted by Gasteiger charge is -1.76. The van der Waals surface area contributed by atoms with Gasteiger partial charge >= 0.3 is 0 Å². The first-order chi connectivity index (χ1) is 2.77. The van der Waals surface area contributed by atoms with E-state index in [9.17, 15) is 0 Å². The minimum absolute atomic E-state index is 0. The van der Waals surface area contributed by atoms with Crippen LogP contribution in [0.5, 0.6) is 0 Å².